The van der Waals surface area contributed by atoms with Gasteiger partial charge < -0.3 is 4.74 Å². The maximum atomic E-state index is 5.77. The van der Waals surface area contributed by atoms with Gasteiger partial charge >= 0.3 is 0 Å². The van der Waals surface area contributed by atoms with Gasteiger partial charge in [0.15, 0.2) is 0 Å². The first-order valence-corrected chi connectivity index (χ1v) is 6.55. The van der Waals surface area contributed by atoms with Crippen LogP contribution >= 0.6 is 0 Å². The number of hydrogen-bond donors (Lipinski definition) is 0. The molecule has 1 aromatic heterocycles. The predicted molar refractivity (Wildman–Crippen MR) is 79.2 cm³/mol. The molecule has 0 aliphatic carbocycles. The van der Waals surface area contributed by atoms with Gasteiger partial charge in [-0.3, -0.25) is 4.98 Å². The summed E-state index contributed by atoms with van der Waals surface area (Å²) in [6, 6.07) is 18.0. The van der Waals surface area contributed by atoms with Crippen molar-refractivity contribution in [2.45, 2.75) is 6.61 Å². The van der Waals surface area contributed by atoms with Crippen molar-refractivity contribution in [3.05, 3.63) is 71.9 Å². The van der Waals surface area contributed by atoms with E-state index in [4.69, 9.17) is 9.73 Å². The second kappa shape index (κ2) is 4.46. The van der Waals surface area contributed by atoms with Crippen molar-refractivity contribution in [1.29, 1.82) is 0 Å². The highest BCUT2D eigenvalue weighted by Crippen LogP contribution is 2.33. The van der Waals surface area contributed by atoms with Gasteiger partial charge in [0.2, 0.25) is 5.90 Å². The number of nitrogens with zero attached hydrogens (tertiary/aromatic N) is 2. The molecule has 2 heterocycles. The molecule has 3 heteroatoms. The molecule has 1 aliphatic heterocycles. The third-order valence-corrected chi connectivity index (χ3v) is 3.44. The minimum atomic E-state index is 0.549. The number of pyridine rings is 1. The molecular weight excluding hydrogens is 248 g/mol. The highest BCUT2D eigenvalue weighted by molar-refractivity contribution is 6.01. The Kier molecular flexibility index (Phi) is 2.49. The van der Waals surface area contributed by atoms with Crippen molar-refractivity contribution < 1.29 is 4.74 Å². The van der Waals surface area contributed by atoms with E-state index in [-0.39, 0.29) is 0 Å². The average Bonchev–Trinajstić information content (AvgIpc) is 2.55. The first-order valence-electron chi connectivity index (χ1n) is 6.55. The number of aliphatic imine (C=N–C) groups is 1. The molecule has 3 aromatic rings. The van der Waals surface area contributed by atoms with E-state index in [1.54, 1.807) is 6.20 Å². The second-order valence-corrected chi connectivity index (χ2v) is 4.72. The Balaban J connectivity index is 1.93. The van der Waals surface area contributed by atoms with Gasteiger partial charge in [0.05, 0.1) is 11.2 Å². The van der Waals surface area contributed by atoms with Crippen molar-refractivity contribution in [3.8, 4) is 0 Å². The number of rotatable bonds is 1. The quantitative estimate of drug-likeness (QED) is 0.666. The first kappa shape index (κ1) is 11.2. The fourth-order valence-electron chi connectivity index (χ4n) is 2.44. The Morgan fingerprint density at radius 1 is 0.900 bits per heavy atom. The van der Waals surface area contributed by atoms with E-state index in [0.717, 1.165) is 27.7 Å². The molecule has 0 spiro atoms. The molecule has 1 aliphatic rings. The summed E-state index contributed by atoms with van der Waals surface area (Å²) in [5, 5.41) is 1.07. The third kappa shape index (κ3) is 1.75. The Morgan fingerprint density at radius 3 is 2.70 bits per heavy atom. The smallest absolute Gasteiger partial charge is 0.221 e. The number of aromatic nitrogens is 1. The van der Waals surface area contributed by atoms with Gasteiger partial charge in [0, 0.05) is 22.7 Å². The molecule has 0 radical (unpaired) electrons. The highest BCUT2D eigenvalue weighted by atomic mass is 16.5. The summed E-state index contributed by atoms with van der Waals surface area (Å²) in [5.74, 6) is 0.675. The van der Waals surface area contributed by atoms with Crippen LogP contribution in [0.4, 0.5) is 5.69 Å². The fourth-order valence-corrected chi connectivity index (χ4v) is 2.44. The van der Waals surface area contributed by atoms with Crippen LogP contribution in [-0.2, 0) is 11.3 Å². The Hall–Kier alpha value is -2.68. The van der Waals surface area contributed by atoms with Crippen molar-refractivity contribution in [2.24, 2.45) is 4.99 Å². The monoisotopic (exact) mass is 260 g/mol. The van der Waals surface area contributed by atoms with Gasteiger partial charge in [-0.1, -0.05) is 24.3 Å². The summed E-state index contributed by atoms with van der Waals surface area (Å²) in [7, 11) is 0. The van der Waals surface area contributed by atoms with Gasteiger partial charge in [-0.2, -0.15) is 0 Å². The van der Waals surface area contributed by atoms with Crippen molar-refractivity contribution in [3.63, 3.8) is 0 Å². The fraction of sp³-hybridized carbons (Fsp3) is 0.0588. The molecule has 0 unspecified atom stereocenters. The minimum absolute atomic E-state index is 0.549. The zero-order valence-corrected chi connectivity index (χ0v) is 10.8. The molecule has 2 aromatic carbocycles. The minimum Gasteiger partial charge on any atom is -0.472 e. The van der Waals surface area contributed by atoms with Gasteiger partial charge in [-0.25, -0.2) is 4.99 Å². The van der Waals surface area contributed by atoms with Gasteiger partial charge in [0.25, 0.3) is 0 Å². The van der Waals surface area contributed by atoms with Crippen LogP contribution in [0.15, 0.2) is 65.8 Å². The summed E-state index contributed by atoms with van der Waals surface area (Å²) >= 11 is 0. The molecule has 4 rings (SSSR count). The summed E-state index contributed by atoms with van der Waals surface area (Å²) in [5.41, 5.74) is 4.04. The summed E-state index contributed by atoms with van der Waals surface area (Å²) < 4.78 is 5.77. The molecular formula is C17H12N2O. The van der Waals surface area contributed by atoms with E-state index < -0.39 is 0 Å². The summed E-state index contributed by atoms with van der Waals surface area (Å²) in [6.45, 7) is 0.549. The number of benzene rings is 2. The third-order valence-electron chi connectivity index (χ3n) is 3.44. The van der Waals surface area contributed by atoms with Crippen LogP contribution < -0.4 is 0 Å². The zero-order valence-electron chi connectivity index (χ0n) is 10.8. The van der Waals surface area contributed by atoms with Crippen LogP contribution in [0.5, 0.6) is 0 Å². The normalized spacial score (nSPS) is 13.5. The molecule has 0 N–H and O–H groups in total. The summed E-state index contributed by atoms with van der Waals surface area (Å²) in [6.07, 6.45) is 1.80. The lowest BCUT2D eigenvalue weighted by Gasteiger charge is -2.18. The molecule has 0 saturated carbocycles. The van der Waals surface area contributed by atoms with Crippen LogP contribution in [0.1, 0.15) is 11.1 Å². The molecule has 20 heavy (non-hydrogen) atoms. The predicted octanol–water partition coefficient (Wildman–Crippen LogP) is 3.84. The molecule has 3 nitrogen and oxygen atoms in total. The van der Waals surface area contributed by atoms with Crippen LogP contribution in [0.25, 0.3) is 10.9 Å². The topological polar surface area (TPSA) is 34.5 Å². The summed E-state index contributed by atoms with van der Waals surface area (Å²) in [4.78, 5) is 9.08. The standard InChI is InChI=1S/C17H12N2O/c1-2-5-12(6-3-1)17-19-16-13(11-20-17)8-9-15-14(16)7-4-10-18-15/h1-10H,11H2. The first-order chi connectivity index (χ1) is 9.92. The van der Waals surface area contributed by atoms with Gasteiger partial charge in [-0.15, -0.1) is 0 Å². The Labute approximate surface area is 116 Å². The van der Waals surface area contributed by atoms with Crippen LogP contribution in [0.2, 0.25) is 0 Å². The number of fused-ring (bicyclic) bond motifs is 3. The molecule has 0 bridgehead atoms. The SMILES string of the molecule is c1ccc(C2=Nc3c(ccc4ncccc34)CO2)cc1. The number of ether oxygens (including phenoxy) is 1. The van der Waals surface area contributed by atoms with E-state index in [0.29, 0.717) is 12.5 Å². The van der Waals surface area contributed by atoms with E-state index >= 15 is 0 Å². The maximum absolute atomic E-state index is 5.77. The van der Waals surface area contributed by atoms with Gasteiger partial charge in [0.1, 0.15) is 6.61 Å². The Morgan fingerprint density at radius 2 is 1.80 bits per heavy atom. The maximum Gasteiger partial charge on any atom is 0.221 e. The molecule has 0 amide bonds. The van der Waals surface area contributed by atoms with Crippen LogP contribution in [0.3, 0.4) is 0 Å². The lowest BCUT2D eigenvalue weighted by Crippen LogP contribution is -2.11. The second-order valence-electron chi connectivity index (χ2n) is 4.72. The van der Waals surface area contributed by atoms with Crippen molar-refractivity contribution in [1.82, 2.24) is 4.98 Å². The Bertz CT molecular complexity index is 810. The van der Waals surface area contributed by atoms with E-state index in [9.17, 15) is 0 Å². The lowest BCUT2D eigenvalue weighted by atomic mass is 10.1. The van der Waals surface area contributed by atoms with Gasteiger partial charge in [-0.05, 0) is 30.3 Å². The van der Waals surface area contributed by atoms with Crippen LogP contribution in [-0.4, -0.2) is 10.9 Å². The van der Waals surface area contributed by atoms with E-state index in [2.05, 4.69) is 11.1 Å². The van der Waals surface area contributed by atoms with E-state index in [1.807, 2.05) is 48.5 Å². The molecule has 0 atom stereocenters. The largest absolute Gasteiger partial charge is 0.472 e. The average molecular weight is 260 g/mol. The number of hydrogen-bond acceptors (Lipinski definition) is 3. The molecule has 0 fully saturated rings. The van der Waals surface area contributed by atoms with Crippen molar-refractivity contribution in [2.75, 3.05) is 0 Å². The van der Waals surface area contributed by atoms with Crippen LogP contribution in [0, 0.1) is 0 Å². The molecule has 96 valence electrons. The zero-order chi connectivity index (χ0) is 13.4. The molecule has 0 saturated heterocycles. The van der Waals surface area contributed by atoms with Crippen molar-refractivity contribution >= 4 is 22.5 Å². The lowest BCUT2D eigenvalue weighted by molar-refractivity contribution is 0.289. The van der Waals surface area contributed by atoms with E-state index in [1.165, 1.54) is 0 Å². The highest BCUT2D eigenvalue weighted by Gasteiger charge is 2.16.